The summed E-state index contributed by atoms with van der Waals surface area (Å²) in [5, 5.41) is 17.4. The SMILES string of the molecule is CN([NH-])CC1CCC(CN([O-])c2ccc3ccccc3c2)CCO1. The molecule has 2 aromatic rings. The van der Waals surface area contributed by atoms with Crippen molar-refractivity contribution in [1.82, 2.24) is 5.01 Å². The first kappa shape index (κ1) is 17.2. The minimum atomic E-state index is 0.110. The van der Waals surface area contributed by atoms with Crippen molar-refractivity contribution >= 4 is 16.5 Å². The Kier molecular flexibility index (Phi) is 5.68. The second kappa shape index (κ2) is 7.94. The van der Waals surface area contributed by atoms with Crippen LogP contribution in [-0.2, 0) is 4.74 Å². The fourth-order valence-electron chi connectivity index (χ4n) is 3.35. The third-order valence-electron chi connectivity index (χ3n) is 4.70. The maximum atomic E-state index is 12.6. The molecule has 130 valence electrons. The Bertz CT molecular complexity index is 662. The lowest BCUT2D eigenvalue weighted by Crippen LogP contribution is -2.26. The predicted octanol–water partition coefficient (Wildman–Crippen LogP) is 4.23. The Morgan fingerprint density at radius 2 is 1.88 bits per heavy atom. The molecule has 24 heavy (non-hydrogen) atoms. The summed E-state index contributed by atoms with van der Waals surface area (Å²) >= 11 is 0. The van der Waals surface area contributed by atoms with Crippen molar-refractivity contribution in [2.45, 2.75) is 25.4 Å². The minimum Gasteiger partial charge on any atom is -0.758 e. The van der Waals surface area contributed by atoms with Crippen molar-refractivity contribution in [1.29, 1.82) is 0 Å². The highest BCUT2D eigenvalue weighted by atomic mass is 16.5. The molecule has 0 spiro atoms. The highest BCUT2D eigenvalue weighted by Crippen LogP contribution is 2.26. The third kappa shape index (κ3) is 4.45. The number of likely N-dealkylation sites (N-methyl/N-ethyl adjacent to an activating group) is 1. The van der Waals surface area contributed by atoms with Crippen LogP contribution in [0.5, 0.6) is 0 Å². The number of hydroxylamine groups is 1. The topological polar surface area (TPSA) is 62.6 Å². The van der Waals surface area contributed by atoms with Crippen LogP contribution in [0.2, 0.25) is 0 Å². The molecule has 1 fully saturated rings. The molecule has 0 radical (unpaired) electrons. The van der Waals surface area contributed by atoms with E-state index in [1.54, 1.807) is 7.05 Å². The zero-order valence-corrected chi connectivity index (χ0v) is 14.1. The Balaban J connectivity index is 1.60. The number of fused-ring (bicyclic) bond motifs is 1. The van der Waals surface area contributed by atoms with Crippen molar-refractivity contribution in [3.05, 3.63) is 53.5 Å². The molecule has 0 aromatic heterocycles. The van der Waals surface area contributed by atoms with Gasteiger partial charge in [-0.25, -0.2) is 0 Å². The maximum absolute atomic E-state index is 12.6. The molecule has 2 unspecified atom stereocenters. The second-order valence-electron chi connectivity index (χ2n) is 6.70. The van der Waals surface area contributed by atoms with E-state index in [-0.39, 0.29) is 6.10 Å². The molecule has 1 N–H and O–H groups in total. The molecule has 5 nitrogen and oxygen atoms in total. The first-order valence-electron chi connectivity index (χ1n) is 8.59. The Morgan fingerprint density at radius 1 is 1.08 bits per heavy atom. The average Bonchev–Trinajstić information content (AvgIpc) is 2.79. The van der Waals surface area contributed by atoms with E-state index in [2.05, 4.69) is 6.07 Å². The van der Waals surface area contributed by atoms with Crippen LogP contribution in [0.1, 0.15) is 19.3 Å². The minimum absolute atomic E-state index is 0.110. The summed E-state index contributed by atoms with van der Waals surface area (Å²) in [4.78, 5) is 0. The van der Waals surface area contributed by atoms with E-state index >= 15 is 0 Å². The molecule has 3 rings (SSSR count). The molecule has 0 amide bonds. The summed E-state index contributed by atoms with van der Waals surface area (Å²) in [5.74, 6) is 7.86. The van der Waals surface area contributed by atoms with Crippen LogP contribution in [0.15, 0.2) is 42.5 Å². The zero-order chi connectivity index (χ0) is 16.9. The first-order valence-corrected chi connectivity index (χ1v) is 8.59. The van der Waals surface area contributed by atoms with Crippen LogP contribution >= 0.6 is 0 Å². The number of anilines is 1. The van der Waals surface area contributed by atoms with Crippen LogP contribution in [0.4, 0.5) is 5.69 Å². The number of hydrogen-bond donors (Lipinski definition) is 0. The Labute approximate surface area is 143 Å². The van der Waals surface area contributed by atoms with Crippen LogP contribution < -0.4 is 5.06 Å². The van der Waals surface area contributed by atoms with Gasteiger partial charge in [0, 0.05) is 25.4 Å². The predicted molar refractivity (Wildman–Crippen MR) is 98.7 cm³/mol. The summed E-state index contributed by atoms with van der Waals surface area (Å²) < 4.78 is 5.81. The van der Waals surface area contributed by atoms with Crippen molar-refractivity contribution in [3.8, 4) is 0 Å². The number of nitrogens with one attached hydrogen (secondary N) is 1. The Hall–Kier alpha value is -1.66. The molecule has 0 saturated carbocycles. The maximum Gasteiger partial charge on any atom is 0.0687 e. The van der Waals surface area contributed by atoms with E-state index in [1.165, 1.54) is 5.01 Å². The highest BCUT2D eigenvalue weighted by Gasteiger charge is 2.19. The summed E-state index contributed by atoms with van der Waals surface area (Å²) in [7, 11) is 1.74. The number of nitrogens with zero attached hydrogens (tertiary/aromatic N) is 2. The third-order valence-corrected chi connectivity index (χ3v) is 4.70. The van der Waals surface area contributed by atoms with Crippen LogP contribution in [0, 0.1) is 11.1 Å². The van der Waals surface area contributed by atoms with Crippen molar-refractivity contribution in [2.24, 2.45) is 5.92 Å². The van der Waals surface area contributed by atoms with Gasteiger partial charge < -0.3 is 25.9 Å². The summed E-state index contributed by atoms with van der Waals surface area (Å²) in [6, 6.07) is 14.0. The molecule has 0 aliphatic carbocycles. The summed E-state index contributed by atoms with van der Waals surface area (Å²) in [6.45, 7) is 1.80. The zero-order valence-electron chi connectivity index (χ0n) is 14.1. The van der Waals surface area contributed by atoms with Gasteiger partial charge in [-0.05, 0) is 55.1 Å². The van der Waals surface area contributed by atoms with Crippen LogP contribution in [-0.4, -0.2) is 37.9 Å². The Morgan fingerprint density at radius 3 is 2.67 bits per heavy atom. The smallest absolute Gasteiger partial charge is 0.0687 e. The average molecular weight is 327 g/mol. The standard InChI is InChI=1S/C19H25N3O2/c1-21(20)14-19-9-6-15(10-11-24-19)13-22(23)18-8-7-16-4-2-3-5-17(16)12-18/h2-5,7-8,12,15,19-20H,6,9-11,13-14H2,1H3/q-2. The van der Waals surface area contributed by atoms with Crippen LogP contribution in [0.3, 0.4) is 0 Å². The second-order valence-corrected chi connectivity index (χ2v) is 6.70. The van der Waals surface area contributed by atoms with Gasteiger partial charge in [-0.15, -0.1) is 0 Å². The largest absolute Gasteiger partial charge is 0.758 e. The fraction of sp³-hybridized carbons (Fsp3) is 0.474. The lowest BCUT2D eigenvalue weighted by atomic mass is 9.98. The summed E-state index contributed by atoms with van der Waals surface area (Å²) in [5.41, 5.74) is 0.723. The van der Waals surface area contributed by atoms with Crippen molar-refractivity contribution < 1.29 is 4.74 Å². The molecule has 1 saturated heterocycles. The van der Waals surface area contributed by atoms with Gasteiger partial charge in [0.15, 0.2) is 0 Å². The van der Waals surface area contributed by atoms with Gasteiger partial charge in [0.05, 0.1) is 6.10 Å². The van der Waals surface area contributed by atoms with E-state index in [4.69, 9.17) is 10.6 Å². The van der Waals surface area contributed by atoms with Crippen LogP contribution in [0.25, 0.3) is 16.6 Å². The van der Waals surface area contributed by atoms with E-state index in [0.717, 1.165) is 40.8 Å². The molecule has 1 aliphatic rings. The lowest BCUT2D eigenvalue weighted by molar-refractivity contribution is 0.0435. The van der Waals surface area contributed by atoms with Gasteiger partial charge >= 0.3 is 0 Å². The molecule has 1 aliphatic heterocycles. The molecule has 2 atom stereocenters. The molecule has 2 aromatic carbocycles. The van der Waals surface area contributed by atoms with E-state index < -0.39 is 0 Å². The lowest BCUT2D eigenvalue weighted by Gasteiger charge is -2.34. The molecular formula is C19H25N3O2-2. The summed E-state index contributed by atoms with van der Waals surface area (Å²) in [6.07, 6.45) is 2.91. The van der Waals surface area contributed by atoms with E-state index in [1.807, 2.05) is 36.4 Å². The van der Waals surface area contributed by atoms with Gasteiger partial charge in [0.25, 0.3) is 0 Å². The number of benzene rings is 2. The number of hydrogen-bond acceptors (Lipinski definition) is 4. The quantitative estimate of drug-likeness (QED) is 0.771. The van der Waals surface area contributed by atoms with Crippen molar-refractivity contribution in [2.75, 3.05) is 31.8 Å². The van der Waals surface area contributed by atoms with E-state index in [9.17, 15) is 5.21 Å². The number of ether oxygens (including phenoxy) is 1. The van der Waals surface area contributed by atoms with Gasteiger partial charge in [0.1, 0.15) is 0 Å². The van der Waals surface area contributed by atoms with E-state index in [0.29, 0.717) is 25.6 Å². The monoisotopic (exact) mass is 327 g/mol. The molecule has 5 heteroatoms. The normalized spacial score (nSPS) is 21.8. The number of rotatable bonds is 5. The van der Waals surface area contributed by atoms with Gasteiger partial charge in [0.2, 0.25) is 0 Å². The van der Waals surface area contributed by atoms with Gasteiger partial charge in [-0.2, -0.15) is 0 Å². The van der Waals surface area contributed by atoms with Crippen molar-refractivity contribution in [3.63, 3.8) is 0 Å². The highest BCUT2D eigenvalue weighted by molar-refractivity contribution is 5.85. The fourth-order valence-corrected chi connectivity index (χ4v) is 3.35. The molecule has 0 bridgehead atoms. The van der Waals surface area contributed by atoms with Gasteiger partial charge in [-0.3, -0.25) is 0 Å². The molecule has 1 heterocycles. The van der Waals surface area contributed by atoms with Gasteiger partial charge in [-0.1, -0.05) is 30.3 Å². The molecular weight excluding hydrogens is 302 g/mol. The first-order chi connectivity index (χ1) is 11.6.